The van der Waals surface area contributed by atoms with E-state index >= 15 is 0 Å². The fourth-order valence-electron chi connectivity index (χ4n) is 3.36. The van der Waals surface area contributed by atoms with E-state index in [1.807, 2.05) is 0 Å². The Labute approximate surface area is 187 Å². The number of halogens is 1. The van der Waals surface area contributed by atoms with Crippen LogP contribution in [-0.4, -0.2) is 53.8 Å². The number of aliphatic imine (C=N–C) groups is 1. The van der Waals surface area contributed by atoms with Gasteiger partial charge in [0, 0.05) is 38.0 Å². The first kappa shape index (κ1) is 24.7. The minimum Gasteiger partial charge on any atom is -0.367 e. The normalized spacial score (nSPS) is 18.8. The zero-order chi connectivity index (χ0) is 23.5. The monoisotopic (exact) mass is 443 g/mol. The van der Waals surface area contributed by atoms with Gasteiger partial charge in [0.05, 0.1) is 17.9 Å². The summed E-state index contributed by atoms with van der Waals surface area (Å²) < 4.78 is 12.6. The number of nitrogens with zero attached hydrogens (tertiary/aromatic N) is 3. The Morgan fingerprint density at radius 1 is 1.31 bits per heavy atom. The summed E-state index contributed by atoms with van der Waals surface area (Å²) in [7, 11) is 1.60. The third kappa shape index (κ3) is 7.60. The van der Waals surface area contributed by atoms with Crippen molar-refractivity contribution in [3.8, 4) is 0 Å². The second-order valence-corrected chi connectivity index (χ2v) is 7.43. The molecule has 1 heterocycles. The van der Waals surface area contributed by atoms with E-state index in [4.69, 9.17) is 5.73 Å². The molecule has 1 aromatic heterocycles. The Morgan fingerprint density at radius 3 is 2.59 bits per heavy atom. The van der Waals surface area contributed by atoms with Crippen molar-refractivity contribution in [3.05, 3.63) is 48.3 Å². The molecule has 0 radical (unpaired) electrons. The molecule has 172 valence electrons. The first-order valence-electron chi connectivity index (χ1n) is 10.4. The first-order valence-corrected chi connectivity index (χ1v) is 10.4. The predicted octanol–water partition coefficient (Wildman–Crippen LogP) is 2.51. The molecule has 0 aliphatic heterocycles. The van der Waals surface area contributed by atoms with E-state index in [1.165, 1.54) is 12.3 Å². The van der Waals surface area contributed by atoms with E-state index in [0.717, 1.165) is 25.7 Å². The molecule has 0 aromatic carbocycles. The highest BCUT2D eigenvalue weighted by Gasteiger charge is 2.24. The predicted molar refractivity (Wildman–Crippen MR) is 124 cm³/mol. The van der Waals surface area contributed by atoms with Gasteiger partial charge in [-0.2, -0.15) is 4.98 Å². The summed E-state index contributed by atoms with van der Waals surface area (Å²) in [5.74, 6) is -0.279. The van der Waals surface area contributed by atoms with Gasteiger partial charge in [0.25, 0.3) is 5.91 Å². The maximum absolute atomic E-state index is 12.6. The van der Waals surface area contributed by atoms with Crippen LogP contribution in [0, 0.1) is 0 Å². The molecule has 0 saturated heterocycles. The van der Waals surface area contributed by atoms with Crippen LogP contribution >= 0.6 is 0 Å². The number of amides is 2. The Bertz CT molecular complexity index is 906. The summed E-state index contributed by atoms with van der Waals surface area (Å²) in [5, 5.41) is 9.19. The lowest BCUT2D eigenvalue weighted by molar-refractivity contribution is -0.117. The standard InChI is InChI=1S/C22H30FN7O2/c1-4-19(31)27-15-5-7-16(8-6-15)28-21-18(20(24)32)13-26-22(30-21)29-17(12-25-3)11-14(2)9-10-23/h4,11-13,15-16H,1-2,5-10H2,3H3,(H2,24,32)(H,27,31)(H2,26,28,29,30)/b17-11+,25-12?. The molecule has 0 bridgehead atoms. The summed E-state index contributed by atoms with van der Waals surface area (Å²) in [6.45, 7) is 6.76. The molecule has 0 atom stereocenters. The molecule has 2 rings (SSSR count). The van der Waals surface area contributed by atoms with Crippen molar-refractivity contribution in [1.29, 1.82) is 0 Å². The number of rotatable bonds is 11. The fraction of sp³-hybridized carbons (Fsp3) is 0.409. The Balaban J connectivity index is 2.14. The van der Waals surface area contributed by atoms with Crippen molar-refractivity contribution in [2.45, 2.75) is 44.2 Å². The third-order valence-corrected chi connectivity index (χ3v) is 4.95. The molecule has 10 heteroatoms. The lowest BCUT2D eigenvalue weighted by atomic mass is 9.91. The Morgan fingerprint density at radius 2 is 2.00 bits per heavy atom. The molecule has 1 fully saturated rings. The number of carbonyl (C=O) groups excluding carboxylic acids is 2. The van der Waals surface area contributed by atoms with Crippen LogP contribution in [0.5, 0.6) is 0 Å². The zero-order valence-corrected chi connectivity index (χ0v) is 18.2. The smallest absolute Gasteiger partial charge is 0.254 e. The lowest BCUT2D eigenvalue weighted by Crippen LogP contribution is -2.39. The van der Waals surface area contributed by atoms with Gasteiger partial charge in [0.1, 0.15) is 5.82 Å². The number of hydrogen-bond acceptors (Lipinski definition) is 7. The van der Waals surface area contributed by atoms with E-state index in [0.29, 0.717) is 17.1 Å². The zero-order valence-electron chi connectivity index (χ0n) is 18.2. The maximum Gasteiger partial charge on any atom is 0.254 e. The van der Waals surface area contributed by atoms with Gasteiger partial charge >= 0.3 is 0 Å². The molecule has 32 heavy (non-hydrogen) atoms. The van der Waals surface area contributed by atoms with Crippen LogP contribution in [0.15, 0.2) is 47.8 Å². The summed E-state index contributed by atoms with van der Waals surface area (Å²) in [4.78, 5) is 35.9. The third-order valence-electron chi connectivity index (χ3n) is 4.95. The van der Waals surface area contributed by atoms with E-state index in [1.54, 1.807) is 19.3 Å². The van der Waals surface area contributed by atoms with Gasteiger partial charge in [0.15, 0.2) is 0 Å². The lowest BCUT2D eigenvalue weighted by Gasteiger charge is -2.30. The van der Waals surface area contributed by atoms with E-state index < -0.39 is 12.6 Å². The molecular formula is C22H30FN7O2. The molecule has 2 amide bonds. The van der Waals surface area contributed by atoms with Crippen molar-refractivity contribution in [3.63, 3.8) is 0 Å². The average molecular weight is 444 g/mol. The van der Waals surface area contributed by atoms with E-state index in [9.17, 15) is 14.0 Å². The van der Waals surface area contributed by atoms with Crippen molar-refractivity contribution in [1.82, 2.24) is 15.3 Å². The number of aromatic nitrogens is 2. The topological polar surface area (TPSA) is 134 Å². The molecule has 0 unspecified atom stereocenters. The minimum atomic E-state index is -0.645. The number of primary amides is 1. The molecule has 1 saturated carbocycles. The van der Waals surface area contributed by atoms with Crippen LogP contribution in [0.3, 0.4) is 0 Å². The Kier molecular flexibility index (Phi) is 9.52. The number of nitrogens with one attached hydrogen (secondary N) is 3. The SMILES string of the molecule is C=CC(=O)NC1CCC(Nc2nc(N/C(C=NC)=C/C(=C)CCF)ncc2C(N)=O)CC1. The van der Waals surface area contributed by atoms with E-state index in [2.05, 4.69) is 44.1 Å². The van der Waals surface area contributed by atoms with Crippen LogP contribution in [0.1, 0.15) is 42.5 Å². The van der Waals surface area contributed by atoms with Gasteiger partial charge in [-0.25, -0.2) is 4.98 Å². The molecule has 0 spiro atoms. The number of allylic oxidation sites excluding steroid dienone is 3. The van der Waals surface area contributed by atoms with Crippen LogP contribution in [0.25, 0.3) is 0 Å². The molecule has 1 aliphatic rings. The van der Waals surface area contributed by atoms with Crippen LogP contribution in [0.4, 0.5) is 16.2 Å². The van der Waals surface area contributed by atoms with Gasteiger partial charge in [-0.3, -0.25) is 19.0 Å². The molecular weight excluding hydrogens is 413 g/mol. The second-order valence-electron chi connectivity index (χ2n) is 7.43. The summed E-state index contributed by atoms with van der Waals surface area (Å²) in [6, 6.07) is 0.152. The number of nitrogens with two attached hydrogens (primary N) is 1. The highest BCUT2D eigenvalue weighted by Crippen LogP contribution is 2.24. The quantitative estimate of drug-likeness (QED) is 0.236. The van der Waals surface area contributed by atoms with Gasteiger partial charge in [-0.15, -0.1) is 0 Å². The average Bonchev–Trinajstić information content (AvgIpc) is 2.75. The van der Waals surface area contributed by atoms with Gasteiger partial charge < -0.3 is 21.7 Å². The van der Waals surface area contributed by atoms with Crippen molar-refractivity contribution >= 4 is 29.8 Å². The number of hydrogen-bond donors (Lipinski definition) is 4. The largest absolute Gasteiger partial charge is 0.367 e. The minimum absolute atomic E-state index is 0.0595. The second kappa shape index (κ2) is 12.3. The summed E-state index contributed by atoms with van der Waals surface area (Å²) in [6.07, 6.45) is 9.15. The summed E-state index contributed by atoms with van der Waals surface area (Å²) >= 11 is 0. The van der Waals surface area contributed by atoms with Crippen LogP contribution in [-0.2, 0) is 4.79 Å². The van der Waals surface area contributed by atoms with Crippen molar-refractivity contribution in [2.24, 2.45) is 10.7 Å². The molecule has 5 N–H and O–H groups in total. The number of anilines is 2. The number of alkyl halides is 1. The van der Waals surface area contributed by atoms with Gasteiger partial charge in [-0.1, -0.05) is 18.7 Å². The highest BCUT2D eigenvalue weighted by molar-refractivity contribution is 5.97. The number of carbonyl (C=O) groups is 2. The maximum atomic E-state index is 12.6. The molecule has 1 aliphatic carbocycles. The molecule has 9 nitrogen and oxygen atoms in total. The highest BCUT2D eigenvalue weighted by atomic mass is 19.1. The molecule has 1 aromatic rings. The van der Waals surface area contributed by atoms with Gasteiger partial charge in [0.2, 0.25) is 11.9 Å². The Hall–Kier alpha value is -3.56. The fourth-order valence-corrected chi connectivity index (χ4v) is 3.36. The first-order chi connectivity index (χ1) is 15.4. The van der Waals surface area contributed by atoms with Crippen molar-refractivity contribution < 1.29 is 14.0 Å². The summed E-state index contributed by atoms with van der Waals surface area (Å²) in [5.41, 5.74) is 6.78. The van der Waals surface area contributed by atoms with Gasteiger partial charge in [-0.05, 0) is 37.8 Å². The van der Waals surface area contributed by atoms with E-state index in [-0.39, 0.29) is 35.9 Å². The van der Waals surface area contributed by atoms with Crippen molar-refractivity contribution in [2.75, 3.05) is 24.4 Å². The van der Waals surface area contributed by atoms with Crippen LogP contribution < -0.4 is 21.7 Å². The van der Waals surface area contributed by atoms with Crippen LogP contribution in [0.2, 0.25) is 0 Å².